The largest absolute Gasteiger partial charge is 0.345 e. The Hall–Kier alpha value is -1.68. The Morgan fingerprint density at radius 3 is 2.56 bits per heavy atom. The van der Waals surface area contributed by atoms with Gasteiger partial charge in [-0.15, -0.1) is 0 Å². The molecule has 0 radical (unpaired) electrons. The van der Waals surface area contributed by atoms with E-state index in [1.54, 1.807) is 12.1 Å². The zero-order valence-corrected chi connectivity index (χ0v) is 10.7. The molecule has 0 saturated carbocycles. The third kappa shape index (κ3) is 2.43. The molecule has 0 aliphatic heterocycles. The second-order valence-electron chi connectivity index (χ2n) is 4.44. The predicted octanol–water partition coefficient (Wildman–Crippen LogP) is 2.98. The Labute approximate surface area is 106 Å². The highest BCUT2D eigenvalue weighted by molar-refractivity contribution is 5.61. The van der Waals surface area contributed by atoms with Crippen molar-refractivity contribution < 1.29 is 4.39 Å². The predicted molar refractivity (Wildman–Crippen MR) is 70.8 cm³/mol. The number of imidazole rings is 1. The number of nitrogens with two attached hydrogens (primary N) is 1. The van der Waals surface area contributed by atoms with Gasteiger partial charge in [0.05, 0.1) is 5.69 Å². The summed E-state index contributed by atoms with van der Waals surface area (Å²) in [5.41, 5.74) is 8.50. The molecule has 1 unspecified atom stereocenters. The number of aromatic nitrogens is 2. The van der Waals surface area contributed by atoms with E-state index in [1.807, 2.05) is 6.92 Å². The van der Waals surface area contributed by atoms with Crippen molar-refractivity contribution in [2.75, 3.05) is 6.54 Å². The fraction of sp³-hybridized carbons (Fsp3) is 0.357. The SMILES string of the molecule is CCC(CN)c1nc(-c2ccc(F)cc2)c(C)[nH]1. The number of H-pyrrole nitrogens is 1. The van der Waals surface area contributed by atoms with Gasteiger partial charge in [0.2, 0.25) is 0 Å². The fourth-order valence-electron chi connectivity index (χ4n) is 2.04. The van der Waals surface area contributed by atoms with Crippen LogP contribution in [-0.4, -0.2) is 16.5 Å². The average molecular weight is 247 g/mol. The third-order valence-electron chi connectivity index (χ3n) is 3.18. The molecule has 0 fully saturated rings. The monoisotopic (exact) mass is 247 g/mol. The molecule has 2 aromatic rings. The minimum absolute atomic E-state index is 0.236. The number of hydrogen-bond donors (Lipinski definition) is 2. The number of halogens is 1. The molecule has 0 bridgehead atoms. The summed E-state index contributed by atoms with van der Waals surface area (Å²) in [7, 11) is 0. The molecule has 3 N–H and O–H groups in total. The molecule has 3 nitrogen and oxygen atoms in total. The van der Waals surface area contributed by atoms with Crippen molar-refractivity contribution in [1.82, 2.24) is 9.97 Å². The van der Waals surface area contributed by atoms with Gasteiger partial charge in [-0.3, -0.25) is 0 Å². The average Bonchev–Trinajstić information content (AvgIpc) is 2.74. The molecule has 4 heteroatoms. The van der Waals surface area contributed by atoms with Crippen LogP contribution in [0, 0.1) is 12.7 Å². The fourth-order valence-corrected chi connectivity index (χ4v) is 2.04. The standard InChI is InChI=1S/C14H18FN3/c1-3-10(8-16)14-17-9(2)13(18-14)11-4-6-12(15)7-5-11/h4-7,10H,3,8,16H2,1-2H3,(H,17,18). The molecule has 0 aliphatic rings. The Bertz CT molecular complexity index is 512. The minimum Gasteiger partial charge on any atom is -0.345 e. The van der Waals surface area contributed by atoms with Crippen molar-refractivity contribution in [3.8, 4) is 11.3 Å². The van der Waals surface area contributed by atoms with Crippen molar-refractivity contribution >= 4 is 0 Å². The van der Waals surface area contributed by atoms with Gasteiger partial charge in [0.1, 0.15) is 11.6 Å². The van der Waals surface area contributed by atoms with E-state index in [9.17, 15) is 4.39 Å². The van der Waals surface area contributed by atoms with E-state index >= 15 is 0 Å². The highest BCUT2D eigenvalue weighted by Gasteiger charge is 2.15. The number of hydrogen-bond acceptors (Lipinski definition) is 2. The van der Waals surface area contributed by atoms with Gasteiger partial charge >= 0.3 is 0 Å². The Morgan fingerprint density at radius 2 is 2.00 bits per heavy atom. The quantitative estimate of drug-likeness (QED) is 0.872. The van der Waals surface area contributed by atoms with Crippen LogP contribution in [0.5, 0.6) is 0 Å². The van der Waals surface area contributed by atoms with Crippen LogP contribution in [0.3, 0.4) is 0 Å². The van der Waals surface area contributed by atoms with Crippen LogP contribution in [-0.2, 0) is 0 Å². The zero-order valence-electron chi connectivity index (χ0n) is 10.7. The number of rotatable bonds is 4. The lowest BCUT2D eigenvalue weighted by atomic mass is 10.1. The topological polar surface area (TPSA) is 54.7 Å². The molecule has 1 atom stereocenters. The van der Waals surface area contributed by atoms with Gasteiger partial charge in [-0.25, -0.2) is 9.37 Å². The Balaban J connectivity index is 2.37. The first-order chi connectivity index (χ1) is 8.65. The number of nitrogens with zero attached hydrogens (tertiary/aromatic N) is 1. The van der Waals surface area contributed by atoms with Gasteiger partial charge in [-0.1, -0.05) is 6.92 Å². The summed E-state index contributed by atoms with van der Waals surface area (Å²) >= 11 is 0. The van der Waals surface area contributed by atoms with E-state index in [4.69, 9.17) is 5.73 Å². The molecular formula is C14H18FN3. The molecule has 1 heterocycles. The highest BCUT2D eigenvalue weighted by Crippen LogP contribution is 2.25. The maximum absolute atomic E-state index is 12.9. The van der Waals surface area contributed by atoms with Crippen LogP contribution < -0.4 is 5.73 Å². The van der Waals surface area contributed by atoms with Gasteiger partial charge in [0, 0.05) is 23.7 Å². The van der Waals surface area contributed by atoms with Gasteiger partial charge in [0.25, 0.3) is 0 Å². The van der Waals surface area contributed by atoms with E-state index in [-0.39, 0.29) is 11.7 Å². The first-order valence-electron chi connectivity index (χ1n) is 6.18. The van der Waals surface area contributed by atoms with E-state index in [1.165, 1.54) is 12.1 Å². The van der Waals surface area contributed by atoms with Crippen LogP contribution in [0.4, 0.5) is 4.39 Å². The second kappa shape index (κ2) is 5.31. The molecule has 2 rings (SSSR count). The normalized spacial score (nSPS) is 12.7. The molecular weight excluding hydrogens is 229 g/mol. The lowest BCUT2D eigenvalue weighted by molar-refractivity contribution is 0.628. The lowest BCUT2D eigenvalue weighted by Crippen LogP contribution is -2.12. The Morgan fingerprint density at radius 1 is 1.33 bits per heavy atom. The first kappa shape index (κ1) is 12.8. The van der Waals surface area contributed by atoms with E-state index in [0.29, 0.717) is 6.54 Å². The van der Waals surface area contributed by atoms with Crippen molar-refractivity contribution in [2.45, 2.75) is 26.2 Å². The summed E-state index contributed by atoms with van der Waals surface area (Å²) in [4.78, 5) is 7.87. The highest BCUT2D eigenvalue weighted by atomic mass is 19.1. The maximum Gasteiger partial charge on any atom is 0.123 e. The van der Waals surface area contributed by atoms with Crippen LogP contribution in [0.1, 0.15) is 30.8 Å². The molecule has 1 aromatic heterocycles. The number of aromatic amines is 1. The number of benzene rings is 1. The van der Waals surface area contributed by atoms with Crippen LogP contribution in [0.15, 0.2) is 24.3 Å². The van der Waals surface area contributed by atoms with E-state index in [0.717, 1.165) is 29.2 Å². The van der Waals surface area contributed by atoms with Crippen LogP contribution in [0.25, 0.3) is 11.3 Å². The van der Waals surface area contributed by atoms with Crippen molar-refractivity contribution in [3.63, 3.8) is 0 Å². The van der Waals surface area contributed by atoms with Crippen molar-refractivity contribution in [3.05, 3.63) is 41.6 Å². The van der Waals surface area contributed by atoms with Gasteiger partial charge in [-0.2, -0.15) is 0 Å². The first-order valence-corrected chi connectivity index (χ1v) is 6.18. The van der Waals surface area contributed by atoms with Crippen LogP contribution in [0.2, 0.25) is 0 Å². The van der Waals surface area contributed by atoms with E-state index in [2.05, 4.69) is 16.9 Å². The van der Waals surface area contributed by atoms with Gasteiger partial charge in [0.15, 0.2) is 0 Å². The van der Waals surface area contributed by atoms with E-state index < -0.39 is 0 Å². The summed E-state index contributed by atoms with van der Waals surface area (Å²) in [6.07, 6.45) is 0.951. The summed E-state index contributed by atoms with van der Waals surface area (Å²) in [6.45, 7) is 4.64. The summed E-state index contributed by atoms with van der Waals surface area (Å²) in [5, 5.41) is 0. The number of nitrogens with one attached hydrogen (secondary N) is 1. The van der Waals surface area contributed by atoms with Crippen LogP contribution >= 0.6 is 0 Å². The summed E-state index contributed by atoms with van der Waals surface area (Å²) in [5.74, 6) is 0.926. The lowest BCUT2D eigenvalue weighted by Gasteiger charge is -2.07. The molecule has 1 aromatic carbocycles. The summed E-state index contributed by atoms with van der Waals surface area (Å²) in [6, 6.07) is 6.38. The maximum atomic E-state index is 12.9. The van der Waals surface area contributed by atoms with Crippen molar-refractivity contribution in [1.29, 1.82) is 0 Å². The molecule has 18 heavy (non-hydrogen) atoms. The molecule has 0 spiro atoms. The molecule has 0 amide bonds. The summed E-state index contributed by atoms with van der Waals surface area (Å²) < 4.78 is 12.9. The third-order valence-corrected chi connectivity index (χ3v) is 3.18. The number of aryl methyl sites for hydroxylation is 1. The zero-order chi connectivity index (χ0) is 13.1. The molecule has 0 aliphatic carbocycles. The van der Waals surface area contributed by atoms with Gasteiger partial charge in [-0.05, 0) is 37.6 Å². The Kier molecular flexibility index (Phi) is 3.77. The second-order valence-corrected chi connectivity index (χ2v) is 4.44. The smallest absolute Gasteiger partial charge is 0.123 e. The minimum atomic E-state index is -0.236. The molecule has 96 valence electrons. The molecule has 0 saturated heterocycles. The van der Waals surface area contributed by atoms with Crippen molar-refractivity contribution in [2.24, 2.45) is 5.73 Å². The van der Waals surface area contributed by atoms with Gasteiger partial charge < -0.3 is 10.7 Å².